The van der Waals surface area contributed by atoms with Crippen molar-refractivity contribution in [3.8, 4) is 0 Å². The van der Waals surface area contributed by atoms with Crippen LogP contribution in [0.3, 0.4) is 0 Å². The lowest BCUT2D eigenvalue weighted by Gasteiger charge is -2.30. The summed E-state index contributed by atoms with van der Waals surface area (Å²) in [7, 11) is 0. The van der Waals surface area contributed by atoms with Crippen LogP contribution < -0.4 is 5.32 Å². The summed E-state index contributed by atoms with van der Waals surface area (Å²) in [6, 6.07) is 0.871. The molecule has 1 atom stereocenters. The molecule has 0 radical (unpaired) electrons. The Hall–Kier alpha value is -2.58. The Labute approximate surface area is 151 Å². The number of amides is 1. The van der Waals surface area contributed by atoms with Crippen LogP contribution in [0.1, 0.15) is 46.4 Å². The summed E-state index contributed by atoms with van der Waals surface area (Å²) >= 11 is 0. The first-order valence-corrected chi connectivity index (χ1v) is 8.12. The highest BCUT2D eigenvalue weighted by atomic mass is 19.1. The topological polar surface area (TPSA) is 104 Å². The Kier molecular flexibility index (Phi) is 7.17. The van der Waals surface area contributed by atoms with E-state index in [0.29, 0.717) is 0 Å². The molecule has 9 heteroatoms. The molecule has 0 spiro atoms. The fourth-order valence-electron chi connectivity index (χ4n) is 2.04. The number of hydrogen-bond acceptors (Lipinski definition) is 7. The van der Waals surface area contributed by atoms with Gasteiger partial charge in [0.05, 0.1) is 19.5 Å². The van der Waals surface area contributed by atoms with Gasteiger partial charge in [0, 0.05) is 0 Å². The SMILES string of the molecule is CCOC(=O)C(F)(C(=O)OCC)[C@H](NC(=O)OC(C)(C)C)c1ccco1. The summed E-state index contributed by atoms with van der Waals surface area (Å²) in [5, 5.41) is 2.16. The van der Waals surface area contributed by atoms with Crippen LogP contribution in [0.5, 0.6) is 0 Å². The maximum absolute atomic E-state index is 15.7. The zero-order chi connectivity index (χ0) is 20.0. The summed E-state index contributed by atoms with van der Waals surface area (Å²) < 4.78 is 35.3. The maximum Gasteiger partial charge on any atom is 0.408 e. The van der Waals surface area contributed by atoms with Gasteiger partial charge in [0.1, 0.15) is 17.4 Å². The Morgan fingerprint density at radius 2 is 1.69 bits per heavy atom. The van der Waals surface area contributed by atoms with Crippen molar-refractivity contribution in [3.05, 3.63) is 24.2 Å². The molecule has 0 unspecified atom stereocenters. The molecule has 1 heterocycles. The molecule has 0 bridgehead atoms. The highest BCUT2D eigenvalue weighted by Gasteiger charge is 2.59. The predicted octanol–water partition coefficient (Wildman–Crippen LogP) is 2.68. The van der Waals surface area contributed by atoms with Crippen molar-refractivity contribution >= 4 is 18.0 Å². The van der Waals surface area contributed by atoms with Crippen LogP contribution in [0.4, 0.5) is 9.18 Å². The number of nitrogens with one attached hydrogen (secondary N) is 1. The van der Waals surface area contributed by atoms with Gasteiger partial charge >= 0.3 is 23.7 Å². The minimum absolute atomic E-state index is 0.179. The smallest absolute Gasteiger partial charge is 0.408 e. The van der Waals surface area contributed by atoms with Gasteiger partial charge in [0.25, 0.3) is 0 Å². The van der Waals surface area contributed by atoms with Gasteiger partial charge in [-0.25, -0.2) is 18.8 Å². The molecule has 0 aliphatic heterocycles. The highest BCUT2D eigenvalue weighted by Crippen LogP contribution is 2.33. The second-order valence-corrected chi connectivity index (χ2v) is 6.25. The molecule has 0 saturated carbocycles. The van der Waals surface area contributed by atoms with Crippen LogP contribution in [-0.2, 0) is 23.8 Å². The fraction of sp³-hybridized carbons (Fsp3) is 0.588. The standard InChI is InChI=1S/C17H24FNO7/c1-6-23-13(20)17(18,14(21)24-7-2)12(11-9-8-10-25-11)19-15(22)26-16(3,4)5/h8-10,12H,6-7H2,1-5H3,(H,19,22)/t12-/m1/s1. The van der Waals surface area contributed by atoms with Crippen LogP contribution in [0.25, 0.3) is 0 Å². The molecule has 1 rings (SSSR count). The van der Waals surface area contributed by atoms with Gasteiger partial charge in [-0.05, 0) is 46.8 Å². The van der Waals surface area contributed by atoms with Crippen molar-refractivity contribution in [2.24, 2.45) is 0 Å². The summed E-state index contributed by atoms with van der Waals surface area (Å²) in [5.41, 5.74) is -4.24. The predicted molar refractivity (Wildman–Crippen MR) is 87.9 cm³/mol. The lowest BCUT2D eigenvalue weighted by molar-refractivity contribution is -0.177. The van der Waals surface area contributed by atoms with E-state index in [1.54, 1.807) is 20.8 Å². The van der Waals surface area contributed by atoms with E-state index in [9.17, 15) is 14.4 Å². The molecular formula is C17H24FNO7. The van der Waals surface area contributed by atoms with E-state index in [1.807, 2.05) is 0 Å². The minimum atomic E-state index is -3.36. The zero-order valence-electron chi connectivity index (χ0n) is 15.5. The van der Waals surface area contributed by atoms with Crippen LogP contribution in [0.15, 0.2) is 22.8 Å². The fourth-order valence-corrected chi connectivity index (χ4v) is 2.04. The third-order valence-electron chi connectivity index (χ3n) is 3.03. The maximum atomic E-state index is 15.7. The minimum Gasteiger partial charge on any atom is -0.467 e. The van der Waals surface area contributed by atoms with Crippen molar-refractivity contribution < 1.29 is 37.4 Å². The van der Waals surface area contributed by atoms with Gasteiger partial charge in [-0.2, -0.15) is 0 Å². The molecule has 0 saturated heterocycles. The van der Waals surface area contributed by atoms with E-state index in [2.05, 4.69) is 14.8 Å². The van der Waals surface area contributed by atoms with Crippen molar-refractivity contribution in [2.75, 3.05) is 13.2 Å². The summed E-state index contributed by atoms with van der Waals surface area (Å²) in [6.07, 6.45) is 0.157. The number of carbonyl (C=O) groups excluding carboxylic acids is 3. The number of alkyl halides is 1. The average molecular weight is 373 g/mol. The van der Waals surface area contributed by atoms with Crippen LogP contribution >= 0.6 is 0 Å². The van der Waals surface area contributed by atoms with E-state index in [4.69, 9.17) is 9.15 Å². The third-order valence-corrected chi connectivity index (χ3v) is 3.03. The summed E-state index contributed by atoms with van der Waals surface area (Å²) in [4.78, 5) is 36.6. The molecule has 0 fully saturated rings. The van der Waals surface area contributed by atoms with Crippen LogP contribution in [0, 0.1) is 0 Å². The number of carbonyl (C=O) groups is 3. The Morgan fingerprint density at radius 3 is 2.08 bits per heavy atom. The van der Waals surface area contributed by atoms with Gasteiger partial charge < -0.3 is 23.9 Å². The van der Waals surface area contributed by atoms with Crippen LogP contribution in [-0.4, -0.2) is 42.5 Å². The number of halogens is 1. The van der Waals surface area contributed by atoms with Crippen molar-refractivity contribution in [3.63, 3.8) is 0 Å². The first kappa shape index (κ1) is 21.5. The Morgan fingerprint density at radius 1 is 1.15 bits per heavy atom. The van der Waals surface area contributed by atoms with E-state index in [-0.39, 0.29) is 19.0 Å². The molecule has 26 heavy (non-hydrogen) atoms. The lowest BCUT2D eigenvalue weighted by atomic mass is 9.94. The van der Waals surface area contributed by atoms with Crippen molar-refractivity contribution in [1.82, 2.24) is 5.32 Å². The molecule has 146 valence electrons. The molecule has 0 aromatic carbocycles. The molecular weight excluding hydrogens is 349 g/mol. The van der Waals surface area contributed by atoms with E-state index >= 15 is 4.39 Å². The van der Waals surface area contributed by atoms with Crippen molar-refractivity contribution in [2.45, 2.75) is 51.9 Å². The Bertz CT molecular complexity index is 604. The summed E-state index contributed by atoms with van der Waals surface area (Å²) in [5.74, 6) is -3.19. The largest absolute Gasteiger partial charge is 0.467 e. The molecule has 1 amide bonds. The van der Waals surface area contributed by atoms with Gasteiger partial charge in [0.15, 0.2) is 0 Å². The van der Waals surface area contributed by atoms with Gasteiger partial charge in [-0.15, -0.1) is 0 Å². The zero-order valence-corrected chi connectivity index (χ0v) is 15.5. The van der Waals surface area contributed by atoms with Crippen LogP contribution in [0.2, 0.25) is 0 Å². The highest BCUT2D eigenvalue weighted by molar-refractivity contribution is 6.05. The number of alkyl carbamates (subject to hydrolysis) is 1. The summed E-state index contributed by atoms with van der Waals surface area (Å²) in [6.45, 7) is 7.36. The second kappa shape index (κ2) is 8.68. The van der Waals surface area contributed by atoms with E-state index in [1.165, 1.54) is 32.2 Å². The van der Waals surface area contributed by atoms with Crippen molar-refractivity contribution in [1.29, 1.82) is 0 Å². The molecule has 0 aliphatic carbocycles. The van der Waals surface area contributed by atoms with Gasteiger partial charge in [-0.1, -0.05) is 0 Å². The monoisotopic (exact) mass is 373 g/mol. The molecule has 1 aromatic rings. The molecule has 0 aliphatic rings. The quantitative estimate of drug-likeness (QED) is 0.445. The van der Waals surface area contributed by atoms with Gasteiger partial charge in [0.2, 0.25) is 0 Å². The number of ether oxygens (including phenoxy) is 3. The number of hydrogen-bond donors (Lipinski definition) is 1. The van der Waals surface area contributed by atoms with E-state index < -0.39 is 35.3 Å². The third kappa shape index (κ3) is 5.21. The number of esters is 2. The average Bonchev–Trinajstić information content (AvgIpc) is 3.04. The number of furan rings is 1. The first-order valence-electron chi connectivity index (χ1n) is 8.12. The lowest BCUT2D eigenvalue weighted by Crippen LogP contribution is -2.55. The number of rotatable bonds is 7. The second-order valence-electron chi connectivity index (χ2n) is 6.25. The Balaban J connectivity index is 3.32. The van der Waals surface area contributed by atoms with Gasteiger partial charge in [-0.3, -0.25) is 0 Å². The normalized spacial score (nSPS) is 12.8. The first-order chi connectivity index (χ1) is 12.1. The molecule has 1 aromatic heterocycles. The molecule has 8 nitrogen and oxygen atoms in total. The van der Waals surface area contributed by atoms with E-state index in [0.717, 1.165) is 0 Å². The molecule has 1 N–H and O–H groups in total.